The number of ether oxygens (including phenoxy) is 2. The summed E-state index contributed by atoms with van der Waals surface area (Å²) in [4.78, 5) is 24.7. The van der Waals surface area contributed by atoms with Gasteiger partial charge in [0.15, 0.2) is 11.5 Å². The molecular formula is C22H29N3O6S. The normalized spacial score (nSPS) is 11.5. The SMILES string of the molecule is CCCOc1ccc(C(=O)NNC(=O)c2ccc(S(=O)(=O)NC(C)(C)C)cc2)cc1OC. The van der Waals surface area contributed by atoms with Gasteiger partial charge in [-0.05, 0) is 69.7 Å². The average molecular weight is 464 g/mol. The first-order valence-electron chi connectivity index (χ1n) is 10.0. The maximum Gasteiger partial charge on any atom is 0.269 e. The number of sulfonamides is 1. The van der Waals surface area contributed by atoms with Gasteiger partial charge < -0.3 is 9.47 Å². The van der Waals surface area contributed by atoms with Crippen LogP contribution in [0, 0.1) is 0 Å². The Kier molecular flexibility index (Phi) is 8.23. The minimum Gasteiger partial charge on any atom is -0.493 e. The molecule has 2 amide bonds. The van der Waals surface area contributed by atoms with E-state index < -0.39 is 27.4 Å². The topological polar surface area (TPSA) is 123 Å². The molecule has 2 aromatic rings. The van der Waals surface area contributed by atoms with Crippen LogP contribution in [0.1, 0.15) is 54.8 Å². The Bertz CT molecular complexity index is 1060. The minimum atomic E-state index is -3.71. The molecule has 0 bridgehead atoms. The average Bonchev–Trinajstić information content (AvgIpc) is 2.74. The summed E-state index contributed by atoms with van der Waals surface area (Å²) in [5.41, 5.74) is 4.44. The summed E-state index contributed by atoms with van der Waals surface area (Å²) in [6.45, 7) is 7.69. The fraction of sp³-hybridized carbons (Fsp3) is 0.364. The molecule has 3 N–H and O–H groups in total. The molecule has 0 aromatic heterocycles. The van der Waals surface area contributed by atoms with Crippen LogP contribution in [0.5, 0.6) is 11.5 Å². The number of carbonyl (C=O) groups is 2. The van der Waals surface area contributed by atoms with Crippen LogP contribution in [0.3, 0.4) is 0 Å². The largest absolute Gasteiger partial charge is 0.493 e. The number of benzene rings is 2. The van der Waals surface area contributed by atoms with Crippen molar-refractivity contribution in [2.45, 2.75) is 44.6 Å². The second-order valence-electron chi connectivity index (χ2n) is 8.00. The number of amides is 2. The van der Waals surface area contributed by atoms with Gasteiger partial charge in [0.2, 0.25) is 10.0 Å². The number of hydrogen-bond donors (Lipinski definition) is 3. The van der Waals surface area contributed by atoms with E-state index in [-0.39, 0.29) is 16.0 Å². The quantitative estimate of drug-likeness (QED) is 0.517. The maximum absolute atomic E-state index is 12.4. The number of carbonyl (C=O) groups excluding carboxylic acids is 2. The van der Waals surface area contributed by atoms with Crippen molar-refractivity contribution in [3.05, 3.63) is 53.6 Å². The van der Waals surface area contributed by atoms with E-state index in [0.717, 1.165) is 6.42 Å². The fourth-order valence-corrected chi connectivity index (χ4v) is 4.06. The summed E-state index contributed by atoms with van der Waals surface area (Å²) in [6.07, 6.45) is 0.831. The molecule has 2 rings (SSSR count). The van der Waals surface area contributed by atoms with Crippen molar-refractivity contribution in [2.75, 3.05) is 13.7 Å². The monoisotopic (exact) mass is 463 g/mol. The number of methoxy groups -OCH3 is 1. The zero-order chi connectivity index (χ0) is 23.9. The lowest BCUT2D eigenvalue weighted by Crippen LogP contribution is -2.41. The highest BCUT2D eigenvalue weighted by atomic mass is 32.2. The molecule has 0 aliphatic rings. The smallest absolute Gasteiger partial charge is 0.269 e. The van der Waals surface area contributed by atoms with E-state index in [0.29, 0.717) is 18.1 Å². The van der Waals surface area contributed by atoms with Gasteiger partial charge in [0.05, 0.1) is 18.6 Å². The number of rotatable bonds is 8. The molecule has 0 fully saturated rings. The highest BCUT2D eigenvalue weighted by molar-refractivity contribution is 7.89. The van der Waals surface area contributed by atoms with Crippen LogP contribution in [0.25, 0.3) is 0 Å². The second kappa shape index (κ2) is 10.5. The van der Waals surface area contributed by atoms with Crippen molar-refractivity contribution in [1.29, 1.82) is 0 Å². The summed E-state index contributed by atoms with van der Waals surface area (Å²) < 4.78 is 38.0. The third-order valence-corrected chi connectivity index (χ3v) is 5.82. The van der Waals surface area contributed by atoms with Crippen LogP contribution < -0.4 is 25.0 Å². The molecule has 0 heterocycles. The third-order valence-electron chi connectivity index (χ3n) is 4.04. The van der Waals surface area contributed by atoms with Crippen molar-refractivity contribution < 1.29 is 27.5 Å². The van der Waals surface area contributed by atoms with E-state index >= 15 is 0 Å². The molecular weight excluding hydrogens is 434 g/mol. The van der Waals surface area contributed by atoms with E-state index in [1.54, 1.807) is 32.9 Å². The maximum atomic E-state index is 12.4. The van der Waals surface area contributed by atoms with Crippen LogP contribution in [-0.4, -0.2) is 39.5 Å². The van der Waals surface area contributed by atoms with Crippen molar-refractivity contribution in [3.8, 4) is 11.5 Å². The van der Waals surface area contributed by atoms with Gasteiger partial charge in [-0.2, -0.15) is 0 Å². The lowest BCUT2D eigenvalue weighted by molar-refractivity contribution is 0.0846. The first-order valence-corrected chi connectivity index (χ1v) is 11.5. The van der Waals surface area contributed by atoms with Crippen molar-refractivity contribution in [2.24, 2.45) is 0 Å². The molecule has 0 spiro atoms. The molecule has 2 aromatic carbocycles. The molecule has 0 radical (unpaired) electrons. The Morgan fingerprint density at radius 2 is 1.47 bits per heavy atom. The summed E-state index contributed by atoms with van der Waals surface area (Å²) in [7, 11) is -2.24. The van der Waals surface area contributed by atoms with Gasteiger partial charge in [-0.15, -0.1) is 0 Å². The minimum absolute atomic E-state index is 0.0329. The van der Waals surface area contributed by atoms with E-state index in [2.05, 4.69) is 15.6 Å². The van der Waals surface area contributed by atoms with E-state index in [1.165, 1.54) is 37.4 Å². The van der Waals surface area contributed by atoms with Gasteiger partial charge in [0.1, 0.15) is 0 Å². The number of hydrazine groups is 1. The Morgan fingerprint density at radius 1 is 0.906 bits per heavy atom. The van der Waals surface area contributed by atoms with Crippen molar-refractivity contribution in [3.63, 3.8) is 0 Å². The second-order valence-corrected chi connectivity index (χ2v) is 9.68. The van der Waals surface area contributed by atoms with Crippen molar-refractivity contribution >= 4 is 21.8 Å². The van der Waals surface area contributed by atoms with Crippen LogP contribution >= 0.6 is 0 Å². The highest BCUT2D eigenvalue weighted by Gasteiger charge is 2.22. The van der Waals surface area contributed by atoms with Gasteiger partial charge in [0.25, 0.3) is 11.8 Å². The summed E-state index contributed by atoms with van der Waals surface area (Å²) >= 11 is 0. The van der Waals surface area contributed by atoms with Crippen LogP contribution in [0.2, 0.25) is 0 Å². The standard InChI is InChI=1S/C22H29N3O6S/c1-6-13-31-18-12-9-16(14-19(18)30-5)21(27)24-23-20(26)15-7-10-17(11-8-15)32(28,29)25-22(2,3)4/h7-12,14,25H,6,13H2,1-5H3,(H,23,26)(H,24,27). The van der Waals surface area contributed by atoms with Gasteiger partial charge in [-0.1, -0.05) is 6.92 Å². The zero-order valence-corrected chi connectivity index (χ0v) is 19.6. The first kappa shape index (κ1) is 25.2. The Labute approximate surface area is 188 Å². The molecule has 0 aliphatic carbocycles. The van der Waals surface area contributed by atoms with E-state index in [9.17, 15) is 18.0 Å². The summed E-state index contributed by atoms with van der Waals surface area (Å²) in [5, 5.41) is 0. The molecule has 174 valence electrons. The summed E-state index contributed by atoms with van der Waals surface area (Å²) in [6, 6.07) is 10.1. The Hall–Kier alpha value is -3.11. The summed E-state index contributed by atoms with van der Waals surface area (Å²) in [5.74, 6) is -0.225. The molecule has 0 aliphatic heterocycles. The van der Waals surface area contributed by atoms with Gasteiger partial charge in [-0.25, -0.2) is 13.1 Å². The predicted octanol–water partition coefficient (Wildman–Crippen LogP) is 2.64. The predicted molar refractivity (Wildman–Crippen MR) is 120 cm³/mol. The lowest BCUT2D eigenvalue weighted by Gasteiger charge is -2.20. The van der Waals surface area contributed by atoms with E-state index in [1.807, 2.05) is 6.92 Å². The molecule has 10 heteroatoms. The molecule has 0 saturated carbocycles. The zero-order valence-electron chi connectivity index (χ0n) is 18.8. The van der Waals surface area contributed by atoms with E-state index in [4.69, 9.17) is 9.47 Å². The van der Waals surface area contributed by atoms with Gasteiger partial charge in [0, 0.05) is 16.7 Å². The number of nitrogens with one attached hydrogen (secondary N) is 3. The molecule has 0 atom stereocenters. The molecule has 32 heavy (non-hydrogen) atoms. The molecule has 0 unspecified atom stereocenters. The van der Waals surface area contributed by atoms with Gasteiger partial charge in [-0.3, -0.25) is 20.4 Å². The Morgan fingerprint density at radius 3 is 2.00 bits per heavy atom. The number of hydrogen-bond acceptors (Lipinski definition) is 6. The third kappa shape index (κ3) is 6.96. The van der Waals surface area contributed by atoms with Crippen LogP contribution in [-0.2, 0) is 10.0 Å². The Balaban J connectivity index is 2.02. The fourth-order valence-electron chi connectivity index (χ4n) is 2.65. The van der Waals surface area contributed by atoms with Crippen molar-refractivity contribution in [1.82, 2.24) is 15.6 Å². The first-order chi connectivity index (χ1) is 15.0. The van der Waals surface area contributed by atoms with Gasteiger partial charge >= 0.3 is 0 Å². The van der Waals surface area contributed by atoms with Crippen LogP contribution in [0.4, 0.5) is 0 Å². The van der Waals surface area contributed by atoms with Crippen LogP contribution in [0.15, 0.2) is 47.4 Å². The lowest BCUT2D eigenvalue weighted by atomic mass is 10.1. The molecule has 9 nitrogen and oxygen atoms in total. The molecule has 0 saturated heterocycles. The highest BCUT2D eigenvalue weighted by Crippen LogP contribution is 2.28.